The topological polar surface area (TPSA) is 262 Å². The number of rotatable bonds is 31. The summed E-state index contributed by atoms with van der Waals surface area (Å²) in [5.41, 5.74) is 3.32. The molecule has 4 rings (SSSR count). The van der Waals surface area contributed by atoms with E-state index in [9.17, 15) is 43.7 Å². The molecule has 0 radical (unpaired) electrons. The first-order chi connectivity index (χ1) is 31.9. The monoisotopic (exact) mass is 1020 g/mol. The molecule has 22 heteroatoms. The van der Waals surface area contributed by atoms with Crippen LogP contribution in [0.15, 0.2) is 71.3 Å². The van der Waals surface area contributed by atoms with E-state index in [2.05, 4.69) is 20.8 Å². The van der Waals surface area contributed by atoms with E-state index in [1.54, 1.807) is 6.07 Å². The highest BCUT2D eigenvalue weighted by Crippen LogP contribution is 2.51. The minimum atomic E-state index is -4.62. The van der Waals surface area contributed by atoms with E-state index in [1.165, 1.54) is 12.1 Å². The minimum Gasteiger partial charge on any atom is -0.482 e. The Kier molecular flexibility index (Phi) is 21.5. The van der Waals surface area contributed by atoms with E-state index >= 15 is 0 Å². The molecule has 19 nitrogen and oxygen atoms in total. The van der Waals surface area contributed by atoms with Crippen LogP contribution in [0.3, 0.4) is 0 Å². The maximum atomic E-state index is 12.4. The lowest BCUT2D eigenvalue weighted by Gasteiger charge is -2.33. The standard InChI is InChI=1S/C46H68N2O17S3/c1-6-47(18-9-31-67(54,55)56)35-12-14-38-39(45(2,3)4)33-36(65-42(38)32-35)10-7-11-43-46(5,17-8-30-66(51,52)53)40-34-37(68(57,58)59)13-15-41(40)48(43)19-21-61-23-25-63-27-29-64-28-26-62-24-22-60-20-16-44(49)50/h7,10-15,32-34,36H,6,8-9,16-31H2,1-5H3,(H,49,50)(H,51,52,53)(H,54,55,56)(H,57,58,59)/b10-7+,43-11+. The van der Waals surface area contributed by atoms with E-state index in [1.807, 2.05) is 66.2 Å². The highest BCUT2D eigenvalue weighted by Gasteiger charge is 2.44. The van der Waals surface area contributed by atoms with Gasteiger partial charge in [0, 0.05) is 53.8 Å². The Labute approximate surface area is 401 Å². The molecule has 0 fully saturated rings. The Morgan fingerprint density at radius 1 is 0.809 bits per heavy atom. The summed E-state index contributed by atoms with van der Waals surface area (Å²) >= 11 is 0. The molecule has 0 bridgehead atoms. The van der Waals surface area contributed by atoms with Gasteiger partial charge < -0.3 is 43.3 Å². The van der Waals surface area contributed by atoms with Crippen LogP contribution in [0, 0.1) is 5.41 Å². The molecule has 2 unspecified atom stereocenters. The molecule has 2 aliphatic rings. The van der Waals surface area contributed by atoms with Gasteiger partial charge in [0.25, 0.3) is 30.4 Å². The Morgan fingerprint density at radius 2 is 1.38 bits per heavy atom. The molecule has 2 aromatic rings. The lowest BCUT2D eigenvalue weighted by Crippen LogP contribution is -2.31. The molecule has 2 heterocycles. The average molecular weight is 1020 g/mol. The van der Waals surface area contributed by atoms with Crippen molar-refractivity contribution in [2.24, 2.45) is 5.41 Å². The third-order valence-corrected chi connectivity index (χ3v) is 13.7. The third kappa shape index (κ3) is 18.1. The Balaban J connectivity index is 1.51. The number of carboxylic acids is 1. The van der Waals surface area contributed by atoms with Crippen LogP contribution in [0.2, 0.25) is 0 Å². The molecule has 0 aliphatic carbocycles. The Hall–Kier alpha value is -3.94. The molecule has 2 atom stereocenters. The molecule has 68 heavy (non-hydrogen) atoms. The fourth-order valence-corrected chi connectivity index (χ4v) is 9.49. The molecule has 0 saturated heterocycles. The van der Waals surface area contributed by atoms with Crippen molar-refractivity contribution in [2.45, 2.75) is 76.7 Å². The van der Waals surface area contributed by atoms with Crippen LogP contribution in [0.25, 0.3) is 5.57 Å². The van der Waals surface area contributed by atoms with Crippen LogP contribution in [0.5, 0.6) is 5.75 Å². The summed E-state index contributed by atoms with van der Waals surface area (Å²) in [6.07, 6.45) is 7.43. The average Bonchev–Trinajstić information content (AvgIpc) is 3.46. The molecule has 2 aliphatic heterocycles. The molecular weight excluding hydrogens is 949 g/mol. The zero-order chi connectivity index (χ0) is 50.2. The summed E-state index contributed by atoms with van der Waals surface area (Å²) < 4.78 is 134. The van der Waals surface area contributed by atoms with Gasteiger partial charge in [-0.1, -0.05) is 26.8 Å². The van der Waals surface area contributed by atoms with Crippen molar-refractivity contribution in [3.63, 3.8) is 0 Å². The third-order valence-electron chi connectivity index (χ3n) is 11.3. The SMILES string of the molecule is CCN(CCCS(=O)(=O)O)c1ccc2c(c1)OC(/C=C/C=C1/N(CCOCCOCCOCCOCCOCCC(=O)O)c3ccc(S(=O)(=O)O)cc3C1(C)CCCS(=O)(=O)O)C=C2C(C)(C)C. The summed E-state index contributed by atoms with van der Waals surface area (Å²) in [4.78, 5) is 14.1. The Morgan fingerprint density at radius 3 is 1.93 bits per heavy atom. The zero-order valence-corrected chi connectivity index (χ0v) is 42.0. The van der Waals surface area contributed by atoms with Crippen LogP contribution in [-0.2, 0) is 64.2 Å². The normalized spacial score (nSPS) is 18.2. The minimum absolute atomic E-state index is 0.0304. The summed E-state index contributed by atoms with van der Waals surface area (Å²) in [5, 5.41) is 8.62. The second-order valence-corrected chi connectivity index (χ2v) is 22.0. The maximum Gasteiger partial charge on any atom is 0.305 e. The Bertz CT molecular complexity index is 2420. The fourth-order valence-electron chi connectivity index (χ4n) is 7.98. The predicted octanol–water partition coefficient (Wildman–Crippen LogP) is 5.67. The van der Waals surface area contributed by atoms with Crippen molar-refractivity contribution in [1.29, 1.82) is 0 Å². The van der Waals surface area contributed by atoms with E-state index < -0.39 is 53.6 Å². The molecule has 0 amide bonds. The summed E-state index contributed by atoms with van der Waals surface area (Å²) in [5.74, 6) is -1.18. The van der Waals surface area contributed by atoms with Gasteiger partial charge in [0.1, 0.15) is 11.9 Å². The molecule has 4 N–H and O–H groups in total. The zero-order valence-electron chi connectivity index (χ0n) is 39.5. The number of fused-ring (bicyclic) bond motifs is 2. The van der Waals surface area contributed by atoms with Gasteiger partial charge in [-0.3, -0.25) is 18.5 Å². The number of benzene rings is 2. The van der Waals surface area contributed by atoms with Gasteiger partial charge in [0.15, 0.2) is 0 Å². The molecular formula is C46H68N2O17S3. The lowest BCUT2D eigenvalue weighted by molar-refractivity contribution is -0.138. The van der Waals surface area contributed by atoms with Crippen LogP contribution >= 0.6 is 0 Å². The summed E-state index contributed by atoms with van der Waals surface area (Å²) in [6.45, 7) is 14.2. The van der Waals surface area contributed by atoms with Crippen molar-refractivity contribution < 1.29 is 77.2 Å². The second kappa shape index (κ2) is 25.8. The van der Waals surface area contributed by atoms with Gasteiger partial charge >= 0.3 is 5.97 Å². The second-order valence-electron chi connectivity index (χ2n) is 17.5. The van der Waals surface area contributed by atoms with Crippen LogP contribution in [0.4, 0.5) is 11.4 Å². The quantitative estimate of drug-likeness (QED) is 0.0524. The number of carboxylic acid groups (broad SMARTS) is 1. The van der Waals surface area contributed by atoms with Gasteiger partial charge in [-0.2, -0.15) is 25.3 Å². The number of ether oxygens (including phenoxy) is 6. The van der Waals surface area contributed by atoms with Crippen LogP contribution < -0.4 is 14.5 Å². The summed E-state index contributed by atoms with van der Waals surface area (Å²) in [6, 6.07) is 10.1. The van der Waals surface area contributed by atoms with Crippen LogP contribution in [0.1, 0.15) is 71.4 Å². The van der Waals surface area contributed by atoms with E-state index in [0.717, 1.165) is 16.8 Å². The highest BCUT2D eigenvalue weighted by molar-refractivity contribution is 7.86. The van der Waals surface area contributed by atoms with Gasteiger partial charge in [0.2, 0.25) is 0 Å². The van der Waals surface area contributed by atoms with E-state index in [-0.39, 0.29) is 68.2 Å². The van der Waals surface area contributed by atoms with Gasteiger partial charge in [-0.15, -0.1) is 0 Å². The molecule has 0 aromatic heterocycles. The number of anilines is 2. The number of aliphatic carboxylic acids is 1. The van der Waals surface area contributed by atoms with Gasteiger partial charge in [-0.05, 0) is 98.2 Å². The molecule has 2 aromatic carbocycles. The smallest absolute Gasteiger partial charge is 0.305 e. The lowest BCUT2D eigenvalue weighted by atomic mass is 9.77. The number of allylic oxidation sites excluding steroid dienone is 4. The maximum absolute atomic E-state index is 12.4. The number of carbonyl (C=O) groups is 1. The van der Waals surface area contributed by atoms with Crippen molar-refractivity contribution in [1.82, 2.24) is 0 Å². The molecule has 382 valence electrons. The number of hydrogen-bond acceptors (Lipinski definition) is 15. The summed E-state index contributed by atoms with van der Waals surface area (Å²) in [7, 11) is -13.0. The van der Waals surface area contributed by atoms with E-state index in [4.69, 9.17) is 33.5 Å². The largest absolute Gasteiger partial charge is 0.482 e. The number of nitrogens with zero attached hydrogens (tertiary/aromatic N) is 2. The van der Waals surface area contributed by atoms with Gasteiger partial charge in [-0.25, -0.2) is 0 Å². The van der Waals surface area contributed by atoms with Crippen molar-refractivity contribution in [3.05, 3.63) is 77.5 Å². The predicted molar refractivity (Wildman–Crippen MR) is 257 cm³/mol. The van der Waals surface area contributed by atoms with Gasteiger partial charge in [0.05, 0.1) is 88.9 Å². The molecule has 0 spiro atoms. The van der Waals surface area contributed by atoms with E-state index in [0.29, 0.717) is 82.0 Å². The van der Waals surface area contributed by atoms with Crippen LogP contribution in [-0.4, -0.2) is 153 Å². The van der Waals surface area contributed by atoms with Crippen molar-refractivity contribution in [3.8, 4) is 5.75 Å². The first-order valence-corrected chi connectivity index (χ1v) is 27.2. The first kappa shape index (κ1) is 56.6. The number of hydrogen-bond donors (Lipinski definition) is 4. The van der Waals surface area contributed by atoms with Crippen molar-refractivity contribution >= 4 is 53.3 Å². The molecule has 0 saturated carbocycles. The van der Waals surface area contributed by atoms with Crippen molar-refractivity contribution in [2.75, 3.05) is 107 Å². The fraction of sp³-hybridized carbons (Fsp3) is 0.587. The first-order valence-electron chi connectivity index (χ1n) is 22.5. The highest BCUT2D eigenvalue weighted by atomic mass is 32.2.